The van der Waals surface area contributed by atoms with Gasteiger partial charge in [0.15, 0.2) is 0 Å². The van der Waals surface area contributed by atoms with E-state index in [4.69, 9.17) is 0 Å². The number of isocyanates is 2. The van der Waals surface area contributed by atoms with Crippen molar-refractivity contribution in [3.63, 3.8) is 0 Å². The summed E-state index contributed by atoms with van der Waals surface area (Å²) in [5, 5.41) is 0. The average molecular weight is 244 g/mol. The van der Waals surface area contributed by atoms with Crippen molar-refractivity contribution in [3.05, 3.63) is 12.2 Å². The lowest BCUT2D eigenvalue weighted by molar-refractivity contribution is 0.527. The highest BCUT2D eigenvalue weighted by Gasteiger charge is 2.01. The van der Waals surface area contributed by atoms with E-state index < -0.39 is 10.2 Å². The Morgan fingerprint density at radius 3 is 2.00 bits per heavy atom. The van der Waals surface area contributed by atoms with E-state index in [1.54, 1.807) is 0 Å². The molecule has 7 heteroatoms. The van der Waals surface area contributed by atoms with E-state index >= 15 is 0 Å². The Morgan fingerprint density at radius 1 is 1.19 bits per heavy atom. The summed E-state index contributed by atoms with van der Waals surface area (Å²) < 4.78 is 24.3. The van der Waals surface area contributed by atoms with Crippen LogP contribution in [0.5, 0.6) is 0 Å². The predicted molar refractivity (Wildman–Crippen MR) is 57.3 cm³/mol. The first kappa shape index (κ1) is 14.5. The van der Waals surface area contributed by atoms with Crippen LogP contribution < -0.4 is 0 Å². The van der Waals surface area contributed by atoms with Gasteiger partial charge in [0.25, 0.3) is 12.2 Å². The van der Waals surface area contributed by atoms with E-state index in [2.05, 4.69) is 27.9 Å². The summed E-state index contributed by atoms with van der Waals surface area (Å²) in [6.45, 7) is 2.31. The molecule has 0 saturated heterocycles. The summed E-state index contributed by atoms with van der Waals surface area (Å²) in [6, 6.07) is 0. The van der Waals surface area contributed by atoms with Gasteiger partial charge in [0.2, 0.25) is 0 Å². The van der Waals surface area contributed by atoms with Crippen molar-refractivity contribution in [1.82, 2.24) is 0 Å². The van der Waals surface area contributed by atoms with E-state index in [1.165, 1.54) is 19.3 Å². The highest BCUT2D eigenvalue weighted by atomic mass is 32.2. The standard InChI is InChI=1S/C7H12.C2N2O4S/c1-7-5-3-2-4-6-7;5-1-3-9(7,8)4-2-6/h2-3,7H,4-6H2,1H3;. The van der Waals surface area contributed by atoms with Crippen LogP contribution in [0.1, 0.15) is 26.2 Å². The Kier molecular flexibility index (Phi) is 6.96. The van der Waals surface area contributed by atoms with Crippen molar-refractivity contribution in [2.45, 2.75) is 26.2 Å². The maximum Gasteiger partial charge on any atom is 0.383 e. The van der Waals surface area contributed by atoms with Gasteiger partial charge in [-0.25, -0.2) is 9.59 Å². The van der Waals surface area contributed by atoms with Crippen molar-refractivity contribution in [2.24, 2.45) is 14.7 Å². The summed E-state index contributed by atoms with van der Waals surface area (Å²) in [5.74, 6) is 0.949. The quantitative estimate of drug-likeness (QED) is 0.415. The maximum atomic E-state index is 9.97. The molecule has 1 atom stereocenters. The molecule has 1 rings (SSSR count). The lowest BCUT2D eigenvalue weighted by atomic mass is 9.97. The SMILES string of the molecule is CC1CC=CCC1.O=C=NS(=O)(=O)N=C=O. The van der Waals surface area contributed by atoms with Crippen molar-refractivity contribution in [1.29, 1.82) is 0 Å². The molecule has 0 aromatic heterocycles. The number of nitrogens with zero attached hydrogens (tertiary/aromatic N) is 2. The van der Waals surface area contributed by atoms with E-state index in [0.717, 1.165) is 5.92 Å². The Balaban J connectivity index is 0.000000288. The molecule has 1 aliphatic carbocycles. The minimum atomic E-state index is -4.28. The van der Waals surface area contributed by atoms with Crippen LogP contribution in [0.4, 0.5) is 0 Å². The van der Waals surface area contributed by atoms with Gasteiger partial charge in [0.1, 0.15) is 0 Å². The predicted octanol–water partition coefficient (Wildman–Crippen LogP) is 1.27. The molecule has 0 aromatic rings. The van der Waals surface area contributed by atoms with Crippen molar-refractivity contribution in [3.8, 4) is 0 Å². The van der Waals surface area contributed by atoms with Crippen molar-refractivity contribution >= 4 is 22.4 Å². The Labute approximate surface area is 94.0 Å². The van der Waals surface area contributed by atoms with Crippen LogP contribution in [0.3, 0.4) is 0 Å². The van der Waals surface area contributed by atoms with Crippen LogP contribution in [0.2, 0.25) is 0 Å². The zero-order chi connectivity index (χ0) is 12.4. The lowest BCUT2D eigenvalue weighted by Gasteiger charge is -2.09. The fraction of sp³-hybridized carbons (Fsp3) is 0.556. The molecule has 88 valence electrons. The second-order valence-corrected chi connectivity index (χ2v) is 4.46. The molecular formula is C9H12N2O4S. The molecule has 0 bridgehead atoms. The molecule has 6 nitrogen and oxygen atoms in total. The van der Waals surface area contributed by atoms with Crippen LogP contribution in [0.15, 0.2) is 20.9 Å². The topological polar surface area (TPSA) is 93.0 Å². The highest BCUT2D eigenvalue weighted by Crippen LogP contribution is 2.15. The molecule has 1 unspecified atom stereocenters. The molecule has 0 aromatic carbocycles. The van der Waals surface area contributed by atoms with E-state index in [1.807, 2.05) is 0 Å². The summed E-state index contributed by atoms with van der Waals surface area (Å²) in [6.07, 6.45) is 9.99. The molecule has 1 aliphatic rings. The third-order valence-electron chi connectivity index (χ3n) is 1.84. The second-order valence-electron chi connectivity index (χ2n) is 3.20. The summed E-state index contributed by atoms with van der Waals surface area (Å²) in [4.78, 5) is 18.5. The molecule has 0 fully saturated rings. The summed E-state index contributed by atoms with van der Waals surface area (Å²) in [7, 11) is -4.28. The van der Waals surface area contributed by atoms with Crippen molar-refractivity contribution in [2.75, 3.05) is 0 Å². The fourth-order valence-electron chi connectivity index (χ4n) is 1.06. The minimum absolute atomic E-state index is 0.707. The smallest absolute Gasteiger partial charge is 0.210 e. The van der Waals surface area contributed by atoms with E-state index in [9.17, 15) is 18.0 Å². The maximum absolute atomic E-state index is 9.97. The zero-order valence-corrected chi connectivity index (χ0v) is 9.61. The molecule has 0 amide bonds. The molecule has 0 heterocycles. The Hall–Kier alpha value is -1.55. The number of allylic oxidation sites excluding steroid dienone is 2. The average Bonchev–Trinajstić information content (AvgIpc) is 2.19. The van der Waals surface area contributed by atoms with Crippen LogP contribution in [0.25, 0.3) is 0 Å². The molecule has 0 aliphatic heterocycles. The molecule has 0 radical (unpaired) electrons. The largest absolute Gasteiger partial charge is 0.383 e. The second kappa shape index (κ2) is 7.70. The minimum Gasteiger partial charge on any atom is -0.210 e. The zero-order valence-electron chi connectivity index (χ0n) is 8.79. The van der Waals surface area contributed by atoms with Gasteiger partial charge in [0, 0.05) is 0 Å². The monoisotopic (exact) mass is 244 g/mol. The molecule has 16 heavy (non-hydrogen) atoms. The summed E-state index contributed by atoms with van der Waals surface area (Å²) >= 11 is 0. The molecular weight excluding hydrogens is 232 g/mol. The molecule has 0 N–H and O–H groups in total. The van der Waals surface area contributed by atoms with Gasteiger partial charge < -0.3 is 0 Å². The number of hydrogen-bond acceptors (Lipinski definition) is 4. The third kappa shape index (κ3) is 7.82. The van der Waals surface area contributed by atoms with Gasteiger partial charge in [-0.3, -0.25) is 0 Å². The van der Waals surface area contributed by atoms with Gasteiger partial charge in [-0.15, -0.1) is 0 Å². The van der Waals surface area contributed by atoms with Crippen molar-refractivity contribution < 1.29 is 18.0 Å². The third-order valence-corrected chi connectivity index (χ3v) is 2.45. The molecule has 0 saturated carbocycles. The van der Waals surface area contributed by atoms with Crippen LogP contribution >= 0.6 is 0 Å². The first-order valence-electron chi connectivity index (χ1n) is 4.60. The summed E-state index contributed by atoms with van der Waals surface area (Å²) in [5.41, 5.74) is 0. The van der Waals surface area contributed by atoms with Gasteiger partial charge in [0.05, 0.1) is 0 Å². The first-order valence-corrected chi connectivity index (χ1v) is 5.99. The van der Waals surface area contributed by atoms with Gasteiger partial charge in [-0.2, -0.15) is 8.42 Å². The van der Waals surface area contributed by atoms with Gasteiger partial charge in [-0.05, 0) is 25.2 Å². The molecule has 0 spiro atoms. The van der Waals surface area contributed by atoms with Gasteiger partial charge >= 0.3 is 10.2 Å². The van der Waals surface area contributed by atoms with Crippen LogP contribution in [0, 0.1) is 5.92 Å². The number of hydrogen-bond donors (Lipinski definition) is 0. The number of carbonyl (C=O) groups excluding carboxylic acids is 2. The number of rotatable bonds is 2. The highest BCUT2D eigenvalue weighted by molar-refractivity contribution is 7.89. The van der Waals surface area contributed by atoms with E-state index in [0.29, 0.717) is 12.2 Å². The lowest BCUT2D eigenvalue weighted by Crippen LogP contribution is -1.94. The van der Waals surface area contributed by atoms with Crippen LogP contribution in [-0.2, 0) is 19.8 Å². The van der Waals surface area contributed by atoms with E-state index in [-0.39, 0.29) is 0 Å². The normalized spacial score (nSPS) is 18.4. The van der Waals surface area contributed by atoms with Crippen LogP contribution in [-0.4, -0.2) is 20.6 Å². The fourth-order valence-corrected chi connectivity index (χ4v) is 1.29. The Morgan fingerprint density at radius 2 is 1.75 bits per heavy atom. The first-order chi connectivity index (χ1) is 7.52. The van der Waals surface area contributed by atoms with Gasteiger partial charge in [-0.1, -0.05) is 27.9 Å². The Bertz CT molecular complexity index is 404.